The summed E-state index contributed by atoms with van der Waals surface area (Å²) in [5.74, 6) is 0.522. The minimum atomic E-state index is -0.340. The smallest absolute Gasteiger partial charge is 0.256 e. The van der Waals surface area contributed by atoms with Crippen molar-refractivity contribution in [3.8, 4) is 5.75 Å². The third-order valence-corrected chi connectivity index (χ3v) is 6.91. The van der Waals surface area contributed by atoms with Gasteiger partial charge in [-0.3, -0.25) is 9.59 Å². The van der Waals surface area contributed by atoms with Crippen LogP contribution in [0.5, 0.6) is 5.75 Å². The van der Waals surface area contributed by atoms with E-state index in [-0.39, 0.29) is 17.3 Å². The number of anilines is 1. The van der Waals surface area contributed by atoms with E-state index in [1.165, 1.54) is 25.7 Å². The molecular formula is C37H58N4O3. The number of piperidine rings is 1. The summed E-state index contributed by atoms with van der Waals surface area (Å²) in [7, 11) is 0. The Morgan fingerprint density at radius 2 is 1.66 bits per heavy atom. The number of nitrogens with one attached hydrogen (secondary N) is 2. The maximum atomic E-state index is 13.3. The number of Topliss-reactive ketones (excluding diaryl/α,β-unsaturated/α-hetero) is 1. The van der Waals surface area contributed by atoms with Gasteiger partial charge in [-0.05, 0) is 64.4 Å². The van der Waals surface area contributed by atoms with Crippen LogP contribution in [0.1, 0.15) is 87.0 Å². The highest BCUT2D eigenvalue weighted by Crippen LogP contribution is 2.34. The van der Waals surface area contributed by atoms with Gasteiger partial charge in [0.25, 0.3) is 5.91 Å². The highest BCUT2D eigenvalue weighted by Gasteiger charge is 2.30. The lowest BCUT2D eigenvalue weighted by atomic mass is 9.97. The standard InChI is InChI=1S/C28H36N4O3.C4H8.C3H8.C2H6/c1-3-4-14-29-24-13-12-22-19-32(25-10-6-7-11-26(25)35-21(24)2)20-23(27(22)33)28(34)30-15-18-31-16-8-5-9-17-31;1-3-4-2;1-3-2;1-2/h6-7,10-13,20,29H,2-5,8-9,14-19H2,1H3,(H,30,34);3-4H,1-2H3;3H2,1-2H3;1-2H3/b22-12+,24-13+;4-3-;;. The largest absolute Gasteiger partial charge is 0.454 e. The van der Waals surface area contributed by atoms with Gasteiger partial charge in [0.1, 0.15) is 11.3 Å². The zero-order valence-electron chi connectivity index (χ0n) is 28.5. The van der Waals surface area contributed by atoms with Gasteiger partial charge in [-0.1, -0.05) is 90.8 Å². The average Bonchev–Trinajstić information content (AvgIpc) is 3.05. The van der Waals surface area contributed by atoms with Crippen LogP contribution in [0.3, 0.4) is 0 Å². The zero-order valence-corrected chi connectivity index (χ0v) is 28.5. The van der Waals surface area contributed by atoms with E-state index in [0.29, 0.717) is 30.2 Å². The fraction of sp³-hybridized carbons (Fsp3) is 0.514. The molecule has 3 aliphatic heterocycles. The molecule has 2 N–H and O–H groups in total. The van der Waals surface area contributed by atoms with Crippen molar-refractivity contribution >= 4 is 17.4 Å². The van der Waals surface area contributed by atoms with E-state index in [1.54, 1.807) is 12.3 Å². The second kappa shape index (κ2) is 22.9. The Kier molecular flexibility index (Phi) is 20.0. The highest BCUT2D eigenvalue weighted by molar-refractivity contribution is 6.26. The number of amides is 1. The van der Waals surface area contributed by atoms with Crippen molar-refractivity contribution in [1.29, 1.82) is 0 Å². The van der Waals surface area contributed by atoms with Crippen molar-refractivity contribution in [2.45, 2.75) is 87.0 Å². The van der Waals surface area contributed by atoms with Crippen LogP contribution in [0, 0.1) is 0 Å². The molecule has 0 aromatic heterocycles. The normalized spacial score (nSPS) is 18.5. The Labute approximate surface area is 267 Å². The van der Waals surface area contributed by atoms with Crippen LogP contribution in [0.2, 0.25) is 0 Å². The number of ketones is 1. The van der Waals surface area contributed by atoms with E-state index in [9.17, 15) is 9.59 Å². The molecule has 4 rings (SSSR count). The molecule has 44 heavy (non-hydrogen) atoms. The number of para-hydroxylation sites is 2. The van der Waals surface area contributed by atoms with Gasteiger partial charge in [0.15, 0.2) is 11.5 Å². The first kappa shape index (κ1) is 38.4. The molecular weight excluding hydrogens is 548 g/mol. The van der Waals surface area contributed by atoms with Crippen molar-refractivity contribution in [2.24, 2.45) is 0 Å². The van der Waals surface area contributed by atoms with E-state index < -0.39 is 0 Å². The molecule has 0 aliphatic carbocycles. The molecule has 0 atom stereocenters. The monoisotopic (exact) mass is 606 g/mol. The molecule has 3 heterocycles. The molecule has 244 valence electrons. The van der Waals surface area contributed by atoms with Crippen LogP contribution in [-0.4, -0.2) is 55.9 Å². The Hall–Kier alpha value is -3.58. The molecule has 0 spiro atoms. The van der Waals surface area contributed by atoms with Crippen molar-refractivity contribution in [2.75, 3.05) is 44.2 Å². The number of likely N-dealkylation sites (tertiary alicyclic amines) is 1. The van der Waals surface area contributed by atoms with Gasteiger partial charge in [-0.2, -0.15) is 0 Å². The van der Waals surface area contributed by atoms with Crippen LogP contribution in [-0.2, 0) is 9.59 Å². The van der Waals surface area contributed by atoms with Gasteiger partial charge < -0.3 is 25.2 Å². The van der Waals surface area contributed by atoms with Crippen LogP contribution in [0.4, 0.5) is 5.69 Å². The van der Waals surface area contributed by atoms with E-state index in [4.69, 9.17) is 4.74 Å². The molecule has 1 saturated heterocycles. The molecule has 1 fully saturated rings. The summed E-state index contributed by atoms with van der Waals surface area (Å²) in [6.07, 6.45) is 16.3. The van der Waals surface area contributed by atoms with Gasteiger partial charge in [-0.25, -0.2) is 0 Å². The fourth-order valence-corrected chi connectivity index (χ4v) is 4.54. The first-order valence-corrected chi connectivity index (χ1v) is 16.6. The minimum Gasteiger partial charge on any atom is -0.454 e. The summed E-state index contributed by atoms with van der Waals surface area (Å²) in [6, 6.07) is 7.61. The number of benzene rings is 1. The summed E-state index contributed by atoms with van der Waals surface area (Å²) in [6.45, 7) is 23.1. The number of hydrogen-bond acceptors (Lipinski definition) is 6. The number of unbranched alkanes of at least 4 members (excludes halogenated alkanes) is 1. The van der Waals surface area contributed by atoms with Gasteiger partial charge in [-0.15, -0.1) is 0 Å². The SMILES string of the molecule is C/C=C\C.C=C1Oc2ccccc2N2C=C(C(=O)NCCN3CCCCC3)C(=O)/C(=C/C=C\1NCCCC)C2.CC.CCC. The number of allylic oxidation sites excluding steroid dienone is 4. The summed E-state index contributed by atoms with van der Waals surface area (Å²) in [5, 5.41) is 6.33. The van der Waals surface area contributed by atoms with Crippen LogP contribution >= 0.6 is 0 Å². The summed E-state index contributed by atoms with van der Waals surface area (Å²) < 4.78 is 6.15. The quantitative estimate of drug-likeness (QED) is 0.180. The number of carbonyl (C=O) groups is 2. The Balaban J connectivity index is 0.000000961. The Morgan fingerprint density at radius 1 is 1.00 bits per heavy atom. The zero-order chi connectivity index (χ0) is 32.7. The lowest BCUT2D eigenvalue weighted by Crippen LogP contribution is -2.41. The number of rotatable bonds is 8. The average molecular weight is 607 g/mol. The van der Waals surface area contributed by atoms with Gasteiger partial charge in [0, 0.05) is 31.4 Å². The summed E-state index contributed by atoms with van der Waals surface area (Å²) in [5.41, 5.74) is 2.20. The lowest BCUT2D eigenvalue weighted by Gasteiger charge is -2.30. The number of ether oxygens (including phenoxy) is 1. The molecule has 0 saturated carbocycles. The topological polar surface area (TPSA) is 73.9 Å². The van der Waals surface area contributed by atoms with Crippen molar-refractivity contribution in [3.05, 3.63) is 84.0 Å². The molecule has 7 nitrogen and oxygen atoms in total. The number of fused-ring (bicyclic) bond motifs is 4. The van der Waals surface area contributed by atoms with Gasteiger partial charge in [0.2, 0.25) is 0 Å². The predicted molar refractivity (Wildman–Crippen MR) is 187 cm³/mol. The van der Waals surface area contributed by atoms with Crippen LogP contribution in [0.15, 0.2) is 84.0 Å². The highest BCUT2D eigenvalue weighted by atomic mass is 16.5. The summed E-state index contributed by atoms with van der Waals surface area (Å²) >= 11 is 0. The first-order valence-electron chi connectivity index (χ1n) is 16.6. The van der Waals surface area contributed by atoms with E-state index >= 15 is 0 Å². The minimum absolute atomic E-state index is 0.143. The molecule has 0 radical (unpaired) electrons. The van der Waals surface area contributed by atoms with Gasteiger partial charge >= 0.3 is 0 Å². The molecule has 1 aromatic carbocycles. The number of hydrogen-bond donors (Lipinski definition) is 2. The van der Waals surface area contributed by atoms with Crippen molar-refractivity contribution < 1.29 is 14.3 Å². The molecule has 7 heteroatoms. The third-order valence-electron chi connectivity index (χ3n) is 6.91. The van der Waals surface area contributed by atoms with Gasteiger partial charge in [0.05, 0.1) is 17.9 Å². The van der Waals surface area contributed by atoms with E-state index in [2.05, 4.69) is 42.9 Å². The molecule has 2 bridgehead atoms. The number of carbonyl (C=O) groups excluding carboxylic acids is 2. The molecule has 1 aromatic rings. The maximum absolute atomic E-state index is 13.3. The first-order chi connectivity index (χ1) is 21.4. The van der Waals surface area contributed by atoms with Crippen molar-refractivity contribution in [1.82, 2.24) is 15.5 Å². The second-order valence-corrected chi connectivity index (χ2v) is 10.6. The maximum Gasteiger partial charge on any atom is 0.256 e. The molecule has 1 amide bonds. The van der Waals surface area contributed by atoms with Crippen molar-refractivity contribution in [3.63, 3.8) is 0 Å². The Bertz CT molecular complexity index is 1140. The molecule has 3 aliphatic rings. The lowest BCUT2D eigenvalue weighted by molar-refractivity contribution is -0.121. The third kappa shape index (κ3) is 13.0. The predicted octanol–water partition coefficient (Wildman–Crippen LogP) is 7.69. The summed E-state index contributed by atoms with van der Waals surface area (Å²) in [4.78, 5) is 30.7. The van der Waals surface area contributed by atoms with Crippen LogP contribution < -0.4 is 20.3 Å². The van der Waals surface area contributed by atoms with E-state index in [1.807, 2.05) is 75.1 Å². The van der Waals surface area contributed by atoms with Crippen LogP contribution in [0.25, 0.3) is 0 Å². The Morgan fingerprint density at radius 3 is 2.30 bits per heavy atom. The van der Waals surface area contributed by atoms with E-state index in [0.717, 1.165) is 50.4 Å². The number of nitrogens with zero attached hydrogens (tertiary/aromatic N) is 2. The molecule has 0 unspecified atom stereocenters. The fourth-order valence-electron chi connectivity index (χ4n) is 4.54. The second-order valence-electron chi connectivity index (χ2n) is 10.6.